The summed E-state index contributed by atoms with van der Waals surface area (Å²) >= 11 is 17.1. The van der Waals surface area contributed by atoms with Crippen molar-refractivity contribution in [2.75, 3.05) is 4.90 Å². The third-order valence-corrected chi connectivity index (χ3v) is 9.67. The first kappa shape index (κ1) is 27.3. The van der Waals surface area contributed by atoms with Gasteiger partial charge in [0.25, 0.3) is 5.91 Å². The fraction of sp³-hybridized carbons (Fsp3) is 0.0714. The Kier molecular flexibility index (Phi) is 7.62. The Bertz CT molecular complexity index is 1790. The van der Waals surface area contributed by atoms with E-state index in [0.717, 1.165) is 14.5 Å². The van der Waals surface area contributed by atoms with Crippen LogP contribution in [0.3, 0.4) is 0 Å². The lowest BCUT2D eigenvalue weighted by Crippen LogP contribution is -2.31. The summed E-state index contributed by atoms with van der Waals surface area (Å²) < 4.78 is 7.36. The molecule has 0 spiro atoms. The van der Waals surface area contributed by atoms with Crippen LogP contribution in [-0.2, 0) is 10.5 Å². The molecule has 7 nitrogen and oxygen atoms in total. The number of aliphatic hydroxyl groups excluding tert-OH is 1. The highest BCUT2D eigenvalue weighted by Gasteiger charge is 2.46. The Labute approximate surface area is 259 Å². The monoisotopic (exact) mass is 719 g/mol. The van der Waals surface area contributed by atoms with Gasteiger partial charge in [-0.05, 0) is 70.1 Å². The molecule has 0 aliphatic carbocycles. The fourth-order valence-electron chi connectivity index (χ4n) is 4.36. The largest absolute Gasteiger partial charge is 0.503 e. The number of para-hydroxylation sites is 1. The number of hydrogen-bond donors (Lipinski definition) is 1. The highest BCUT2D eigenvalue weighted by molar-refractivity contribution is 14.1. The van der Waals surface area contributed by atoms with Crippen molar-refractivity contribution in [1.29, 1.82) is 0 Å². The van der Waals surface area contributed by atoms with Gasteiger partial charge in [0.05, 0.1) is 11.6 Å². The topological polar surface area (TPSA) is 96.5 Å². The van der Waals surface area contributed by atoms with Crippen molar-refractivity contribution in [3.8, 4) is 0 Å². The van der Waals surface area contributed by atoms with Crippen LogP contribution in [-0.4, -0.2) is 27.0 Å². The van der Waals surface area contributed by atoms with Crippen LogP contribution < -0.4 is 4.90 Å². The van der Waals surface area contributed by atoms with Gasteiger partial charge in [0.15, 0.2) is 15.9 Å². The zero-order valence-corrected chi connectivity index (χ0v) is 25.5. The number of carbonyl (C=O) groups is 2. The van der Waals surface area contributed by atoms with Crippen LogP contribution in [0.1, 0.15) is 27.7 Å². The second-order valence-corrected chi connectivity index (χ2v) is 13.0. The molecule has 1 aliphatic heterocycles. The van der Waals surface area contributed by atoms with E-state index < -0.39 is 23.5 Å². The van der Waals surface area contributed by atoms with Crippen LogP contribution in [0.5, 0.6) is 0 Å². The van der Waals surface area contributed by atoms with Gasteiger partial charge in [0, 0.05) is 24.8 Å². The van der Waals surface area contributed by atoms with Gasteiger partial charge < -0.3 is 9.52 Å². The summed E-state index contributed by atoms with van der Waals surface area (Å²) in [5.74, 6) is -1.42. The third-order valence-electron chi connectivity index (χ3n) is 6.26. The van der Waals surface area contributed by atoms with Crippen LogP contribution in [0.15, 0.2) is 92.9 Å². The van der Waals surface area contributed by atoms with Gasteiger partial charge >= 0.3 is 0 Å². The molecule has 0 bridgehead atoms. The predicted octanol–water partition coefficient (Wildman–Crippen LogP) is 8.27. The molecule has 3 heterocycles. The standard InChI is InChI=1S/C28H16Cl2IN3O4S2/c29-17-8-5-16(19(30)12-17)13-39-28-33-32-27(40-28)34-23(14-6-9-18(31)10-7-14)22(25(36)26(34)37)24(35)21-11-15-3-1-2-4-20(15)38-21/h1-12,23,36H,13H2. The maximum atomic E-state index is 13.8. The van der Waals surface area contributed by atoms with Crippen LogP contribution in [0, 0.1) is 3.57 Å². The third kappa shape index (κ3) is 5.14. The van der Waals surface area contributed by atoms with Gasteiger partial charge in [-0.1, -0.05) is 82.7 Å². The number of ketones is 1. The number of aromatic nitrogens is 2. The summed E-state index contributed by atoms with van der Waals surface area (Å²) in [6.07, 6.45) is 0. The van der Waals surface area contributed by atoms with Gasteiger partial charge in [0.2, 0.25) is 10.9 Å². The van der Waals surface area contributed by atoms with Crippen molar-refractivity contribution in [1.82, 2.24) is 10.2 Å². The van der Waals surface area contributed by atoms with Crippen molar-refractivity contribution < 1.29 is 19.1 Å². The summed E-state index contributed by atoms with van der Waals surface area (Å²) in [5.41, 5.74) is 1.96. The smallest absolute Gasteiger partial charge is 0.296 e. The minimum Gasteiger partial charge on any atom is -0.503 e. The minimum atomic E-state index is -0.929. The molecule has 1 amide bonds. The van der Waals surface area contributed by atoms with Crippen molar-refractivity contribution in [2.45, 2.75) is 16.1 Å². The maximum absolute atomic E-state index is 13.8. The number of nitrogens with zero attached hydrogens (tertiary/aromatic N) is 3. The molecule has 2 aromatic heterocycles. The lowest BCUT2D eigenvalue weighted by molar-refractivity contribution is -0.117. The van der Waals surface area contributed by atoms with Gasteiger partial charge in [-0.3, -0.25) is 14.5 Å². The van der Waals surface area contributed by atoms with E-state index in [9.17, 15) is 14.7 Å². The Hall–Kier alpha value is -2.90. The molecule has 1 aliphatic rings. The molecule has 1 unspecified atom stereocenters. The van der Waals surface area contributed by atoms with Crippen molar-refractivity contribution >= 4 is 96.7 Å². The predicted molar refractivity (Wildman–Crippen MR) is 166 cm³/mol. The zero-order valence-electron chi connectivity index (χ0n) is 20.2. The molecular weight excluding hydrogens is 704 g/mol. The lowest BCUT2D eigenvalue weighted by Gasteiger charge is -2.23. The van der Waals surface area contributed by atoms with E-state index in [0.29, 0.717) is 31.3 Å². The Morgan fingerprint density at radius 3 is 2.60 bits per heavy atom. The first-order chi connectivity index (χ1) is 19.3. The van der Waals surface area contributed by atoms with Gasteiger partial charge in [-0.25, -0.2) is 0 Å². The highest BCUT2D eigenvalue weighted by Crippen LogP contribution is 2.44. The number of furan rings is 1. The molecule has 5 aromatic rings. The number of aliphatic hydroxyl groups is 1. The number of thioether (sulfide) groups is 1. The second kappa shape index (κ2) is 11.2. The van der Waals surface area contributed by atoms with Crippen molar-refractivity contribution in [3.63, 3.8) is 0 Å². The lowest BCUT2D eigenvalue weighted by atomic mass is 9.95. The molecule has 12 heteroatoms. The molecule has 1 atom stereocenters. The normalized spacial score (nSPS) is 15.4. The Morgan fingerprint density at radius 2 is 1.85 bits per heavy atom. The molecule has 0 saturated carbocycles. The SMILES string of the molecule is O=C(C1=C(O)C(=O)N(c2nnc(SCc3ccc(Cl)cc3Cl)s2)C1c1ccc(I)cc1)c1cc2ccccc2o1. The van der Waals surface area contributed by atoms with E-state index in [1.54, 1.807) is 30.3 Å². The van der Waals surface area contributed by atoms with Crippen molar-refractivity contribution in [2.24, 2.45) is 0 Å². The quantitative estimate of drug-likeness (QED) is 0.0783. The summed E-state index contributed by atoms with van der Waals surface area (Å²) in [6.45, 7) is 0. The first-order valence-electron chi connectivity index (χ1n) is 11.8. The number of amides is 1. The average Bonchev–Trinajstić information content (AvgIpc) is 3.65. The Balaban J connectivity index is 1.35. The summed E-state index contributed by atoms with van der Waals surface area (Å²) in [7, 11) is 0. The van der Waals surface area contributed by atoms with Gasteiger partial charge in [-0.15, -0.1) is 10.2 Å². The number of fused-ring (bicyclic) bond motifs is 1. The second-order valence-electron chi connectivity index (χ2n) is 8.74. The maximum Gasteiger partial charge on any atom is 0.296 e. The summed E-state index contributed by atoms with van der Waals surface area (Å²) in [5, 5.41) is 21.6. The van der Waals surface area contributed by atoms with Crippen LogP contribution in [0.4, 0.5) is 5.13 Å². The molecule has 0 fully saturated rings. The summed E-state index contributed by atoms with van der Waals surface area (Å²) in [6, 6.07) is 20.5. The minimum absolute atomic E-state index is 0.0289. The molecule has 0 saturated heterocycles. The zero-order chi connectivity index (χ0) is 28.0. The van der Waals surface area contributed by atoms with Crippen LogP contribution in [0.25, 0.3) is 11.0 Å². The van der Waals surface area contributed by atoms with E-state index in [1.807, 2.05) is 42.5 Å². The number of hydrogen-bond acceptors (Lipinski definition) is 8. The molecule has 3 aromatic carbocycles. The number of anilines is 1. The van der Waals surface area contributed by atoms with E-state index in [1.165, 1.54) is 28.0 Å². The average molecular weight is 720 g/mol. The number of rotatable bonds is 7. The van der Waals surface area contributed by atoms with Crippen LogP contribution in [0.2, 0.25) is 10.0 Å². The number of halogens is 3. The van der Waals surface area contributed by atoms with E-state index in [2.05, 4.69) is 32.8 Å². The first-order valence-corrected chi connectivity index (χ1v) is 15.4. The van der Waals surface area contributed by atoms with Crippen molar-refractivity contribution in [3.05, 3.63) is 115 Å². The molecule has 1 N–H and O–H groups in total. The number of benzene rings is 3. The fourth-order valence-corrected chi connectivity index (χ4v) is 7.14. The number of carbonyl (C=O) groups excluding carboxylic acids is 2. The van der Waals surface area contributed by atoms with Crippen LogP contribution >= 0.6 is 68.9 Å². The van der Waals surface area contributed by atoms with Gasteiger partial charge in [0.1, 0.15) is 5.58 Å². The van der Waals surface area contributed by atoms with Gasteiger partial charge in [-0.2, -0.15) is 0 Å². The van der Waals surface area contributed by atoms with E-state index in [4.69, 9.17) is 27.6 Å². The molecule has 40 heavy (non-hydrogen) atoms. The van der Waals surface area contributed by atoms with E-state index in [-0.39, 0.29) is 16.5 Å². The molecule has 0 radical (unpaired) electrons. The molecule has 200 valence electrons. The highest BCUT2D eigenvalue weighted by atomic mass is 127. The summed E-state index contributed by atoms with van der Waals surface area (Å²) in [4.78, 5) is 28.6. The van der Waals surface area contributed by atoms with E-state index >= 15 is 0 Å². The molecular formula is C28H16Cl2IN3O4S2. The number of Topliss-reactive ketones (excluding diaryl/α,β-unsaturated/α-hetero) is 1. The molecule has 6 rings (SSSR count). The Morgan fingerprint density at radius 1 is 1.07 bits per heavy atom.